The fourth-order valence-corrected chi connectivity index (χ4v) is 3.34. The molecular formula is C13H18OS. The molecule has 0 aromatic heterocycles. The lowest BCUT2D eigenvalue weighted by Gasteiger charge is -2.26. The number of rotatable bonds is 3. The molecule has 0 amide bonds. The van der Waals surface area contributed by atoms with Crippen molar-refractivity contribution in [3.63, 3.8) is 0 Å². The Morgan fingerprint density at radius 2 is 1.87 bits per heavy atom. The van der Waals surface area contributed by atoms with Gasteiger partial charge in [-0.15, -0.1) is 0 Å². The third-order valence-electron chi connectivity index (χ3n) is 2.97. The van der Waals surface area contributed by atoms with Crippen molar-refractivity contribution < 1.29 is 5.11 Å². The summed E-state index contributed by atoms with van der Waals surface area (Å²) in [5, 5.41) is 10.3. The van der Waals surface area contributed by atoms with E-state index in [1.807, 2.05) is 17.8 Å². The zero-order valence-corrected chi connectivity index (χ0v) is 9.75. The van der Waals surface area contributed by atoms with E-state index in [0.717, 1.165) is 12.2 Å². The largest absolute Gasteiger partial charge is 0.392 e. The topological polar surface area (TPSA) is 20.2 Å². The predicted molar refractivity (Wildman–Crippen MR) is 66.0 cm³/mol. The number of aliphatic hydroxyl groups excluding tert-OH is 1. The summed E-state index contributed by atoms with van der Waals surface area (Å²) in [7, 11) is 0. The molecule has 2 heteroatoms. The van der Waals surface area contributed by atoms with Gasteiger partial charge in [0.05, 0.1) is 6.10 Å². The first-order valence-electron chi connectivity index (χ1n) is 5.70. The Kier molecular flexibility index (Phi) is 4.09. The minimum Gasteiger partial charge on any atom is -0.392 e. The highest BCUT2D eigenvalue weighted by atomic mass is 32.2. The minimum atomic E-state index is -0.0764. The Balaban J connectivity index is 1.82. The molecule has 2 atom stereocenters. The van der Waals surface area contributed by atoms with Gasteiger partial charge in [0.15, 0.2) is 0 Å². The predicted octanol–water partition coefficient (Wildman–Crippen LogP) is 3.22. The van der Waals surface area contributed by atoms with E-state index in [9.17, 15) is 5.11 Å². The van der Waals surface area contributed by atoms with E-state index in [-0.39, 0.29) is 6.10 Å². The highest BCUT2D eigenvalue weighted by molar-refractivity contribution is 7.99. The third kappa shape index (κ3) is 3.25. The molecule has 0 radical (unpaired) electrons. The maximum Gasteiger partial charge on any atom is 0.0658 e. The second-order valence-electron chi connectivity index (χ2n) is 4.19. The van der Waals surface area contributed by atoms with Gasteiger partial charge >= 0.3 is 0 Å². The van der Waals surface area contributed by atoms with E-state index < -0.39 is 0 Å². The molecule has 1 nitrogen and oxygen atoms in total. The first kappa shape index (κ1) is 11.0. The molecule has 1 aromatic carbocycles. The summed E-state index contributed by atoms with van der Waals surface area (Å²) in [4.78, 5) is 0. The first-order valence-corrected chi connectivity index (χ1v) is 6.75. The molecule has 0 saturated heterocycles. The Morgan fingerprint density at radius 1 is 1.13 bits per heavy atom. The van der Waals surface area contributed by atoms with E-state index in [2.05, 4.69) is 24.3 Å². The van der Waals surface area contributed by atoms with Crippen molar-refractivity contribution in [1.82, 2.24) is 0 Å². The van der Waals surface area contributed by atoms with Crippen LogP contribution < -0.4 is 0 Å². The van der Waals surface area contributed by atoms with Crippen molar-refractivity contribution in [2.45, 2.75) is 42.8 Å². The Bertz CT molecular complexity index is 286. The maximum atomic E-state index is 9.83. The van der Waals surface area contributed by atoms with E-state index in [4.69, 9.17) is 0 Å². The molecule has 1 aromatic rings. The third-order valence-corrected chi connectivity index (χ3v) is 4.45. The Hall–Kier alpha value is -0.470. The lowest BCUT2D eigenvalue weighted by atomic mass is 9.97. The fraction of sp³-hybridized carbons (Fsp3) is 0.538. The molecule has 1 fully saturated rings. The van der Waals surface area contributed by atoms with Crippen LogP contribution in [-0.4, -0.2) is 16.5 Å². The summed E-state index contributed by atoms with van der Waals surface area (Å²) < 4.78 is 0. The summed E-state index contributed by atoms with van der Waals surface area (Å²) in [5.74, 6) is 1.03. The lowest BCUT2D eigenvalue weighted by molar-refractivity contribution is 0.137. The van der Waals surface area contributed by atoms with Gasteiger partial charge in [-0.1, -0.05) is 43.2 Å². The molecular weight excluding hydrogens is 204 g/mol. The number of aliphatic hydroxyl groups is 1. The van der Waals surface area contributed by atoms with Crippen LogP contribution in [0.2, 0.25) is 0 Å². The second-order valence-corrected chi connectivity index (χ2v) is 5.41. The van der Waals surface area contributed by atoms with Crippen LogP contribution in [0, 0.1) is 0 Å². The number of hydrogen-bond donors (Lipinski definition) is 1. The van der Waals surface area contributed by atoms with Gasteiger partial charge in [0, 0.05) is 11.0 Å². The molecule has 1 aliphatic rings. The van der Waals surface area contributed by atoms with Crippen molar-refractivity contribution >= 4 is 11.8 Å². The molecule has 1 aliphatic carbocycles. The molecule has 0 spiro atoms. The Morgan fingerprint density at radius 3 is 2.60 bits per heavy atom. The molecule has 2 rings (SSSR count). The van der Waals surface area contributed by atoms with Crippen LogP contribution in [0.3, 0.4) is 0 Å². The lowest BCUT2D eigenvalue weighted by Crippen LogP contribution is -2.26. The fourth-order valence-electron chi connectivity index (χ4n) is 2.05. The summed E-state index contributed by atoms with van der Waals surface area (Å²) in [6.45, 7) is 0. The van der Waals surface area contributed by atoms with Gasteiger partial charge in [-0.05, 0) is 18.4 Å². The summed E-state index contributed by atoms with van der Waals surface area (Å²) in [6, 6.07) is 10.5. The monoisotopic (exact) mass is 222 g/mol. The van der Waals surface area contributed by atoms with Crippen molar-refractivity contribution in [3.8, 4) is 0 Å². The molecule has 0 bridgehead atoms. The van der Waals surface area contributed by atoms with E-state index in [1.165, 1.54) is 24.8 Å². The van der Waals surface area contributed by atoms with Gasteiger partial charge < -0.3 is 5.11 Å². The van der Waals surface area contributed by atoms with Crippen LogP contribution in [0.4, 0.5) is 0 Å². The number of thioether (sulfide) groups is 1. The van der Waals surface area contributed by atoms with Gasteiger partial charge in [0.25, 0.3) is 0 Å². The van der Waals surface area contributed by atoms with Crippen molar-refractivity contribution in [3.05, 3.63) is 35.9 Å². The van der Waals surface area contributed by atoms with Gasteiger partial charge in [-0.25, -0.2) is 0 Å². The average molecular weight is 222 g/mol. The zero-order chi connectivity index (χ0) is 10.5. The molecule has 1 saturated carbocycles. The van der Waals surface area contributed by atoms with Gasteiger partial charge in [0.2, 0.25) is 0 Å². The smallest absolute Gasteiger partial charge is 0.0658 e. The van der Waals surface area contributed by atoms with Gasteiger partial charge in [0.1, 0.15) is 0 Å². The summed E-state index contributed by atoms with van der Waals surface area (Å²) in [6.07, 6.45) is 4.57. The van der Waals surface area contributed by atoms with Crippen LogP contribution in [0.15, 0.2) is 30.3 Å². The number of hydrogen-bond acceptors (Lipinski definition) is 2. The molecule has 0 aliphatic heterocycles. The SMILES string of the molecule is O[C@H]1CCCCC1SCc1ccccc1. The average Bonchev–Trinajstić information content (AvgIpc) is 2.29. The zero-order valence-electron chi connectivity index (χ0n) is 8.93. The maximum absolute atomic E-state index is 9.83. The van der Waals surface area contributed by atoms with Crippen LogP contribution in [-0.2, 0) is 5.75 Å². The van der Waals surface area contributed by atoms with E-state index >= 15 is 0 Å². The van der Waals surface area contributed by atoms with Crippen molar-refractivity contribution in [2.75, 3.05) is 0 Å². The summed E-state index contributed by atoms with van der Waals surface area (Å²) >= 11 is 1.91. The van der Waals surface area contributed by atoms with E-state index in [1.54, 1.807) is 0 Å². The van der Waals surface area contributed by atoms with Crippen LogP contribution >= 0.6 is 11.8 Å². The van der Waals surface area contributed by atoms with Gasteiger partial charge in [-0.3, -0.25) is 0 Å². The molecule has 1 N–H and O–H groups in total. The van der Waals surface area contributed by atoms with Crippen LogP contribution in [0.25, 0.3) is 0 Å². The highest BCUT2D eigenvalue weighted by Crippen LogP contribution is 2.30. The van der Waals surface area contributed by atoms with Crippen molar-refractivity contribution in [2.24, 2.45) is 0 Å². The van der Waals surface area contributed by atoms with Gasteiger partial charge in [-0.2, -0.15) is 11.8 Å². The second kappa shape index (κ2) is 5.57. The van der Waals surface area contributed by atoms with Crippen LogP contribution in [0.1, 0.15) is 31.2 Å². The highest BCUT2D eigenvalue weighted by Gasteiger charge is 2.22. The number of benzene rings is 1. The van der Waals surface area contributed by atoms with E-state index in [0.29, 0.717) is 5.25 Å². The molecule has 1 unspecified atom stereocenters. The molecule has 0 heterocycles. The molecule has 15 heavy (non-hydrogen) atoms. The summed E-state index contributed by atoms with van der Waals surface area (Å²) in [5.41, 5.74) is 1.36. The van der Waals surface area contributed by atoms with Crippen LogP contribution in [0.5, 0.6) is 0 Å². The Labute approximate surface area is 95.9 Å². The molecule has 82 valence electrons. The normalized spacial score (nSPS) is 26.5. The first-order chi connectivity index (χ1) is 7.36. The quantitative estimate of drug-likeness (QED) is 0.847. The minimum absolute atomic E-state index is 0.0764. The standard InChI is InChI=1S/C13H18OS/c14-12-8-4-5-9-13(12)15-10-11-6-2-1-3-7-11/h1-3,6-7,12-14H,4-5,8-10H2/t12-,13?/m0/s1. The van der Waals surface area contributed by atoms with Crippen molar-refractivity contribution in [1.29, 1.82) is 0 Å².